The van der Waals surface area contributed by atoms with E-state index in [0.29, 0.717) is 12.1 Å². The molecule has 1 N–H and O–H groups in total. The van der Waals surface area contributed by atoms with Gasteiger partial charge in [0.05, 0.1) is 18.0 Å². The Labute approximate surface area is 192 Å². The van der Waals surface area contributed by atoms with Gasteiger partial charge in [-0.15, -0.1) is 0 Å². The highest BCUT2D eigenvalue weighted by Gasteiger charge is 2.40. The Bertz CT molecular complexity index is 1070. The molecule has 174 valence electrons. The number of nitrogens with zero attached hydrogens (tertiary/aromatic N) is 1. The Morgan fingerprint density at radius 1 is 1.16 bits per heavy atom. The number of para-hydroxylation sites is 1. The van der Waals surface area contributed by atoms with Gasteiger partial charge in [-0.3, -0.25) is 9.10 Å². The molecule has 0 bridgehead atoms. The van der Waals surface area contributed by atoms with Crippen molar-refractivity contribution in [3.8, 4) is 5.75 Å². The highest BCUT2D eigenvalue weighted by Crippen LogP contribution is 2.42. The number of sulfonamides is 1. The van der Waals surface area contributed by atoms with Gasteiger partial charge in [0.15, 0.2) is 0 Å². The molecule has 0 saturated heterocycles. The van der Waals surface area contributed by atoms with E-state index in [4.69, 9.17) is 4.74 Å². The molecule has 0 aromatic heterocycles. The van der Waals surface area contributed by atoms with Gasteiger partial charge < -0.3 is 10.1 Å². The highest BCUT2D eigenvalue weighted by atomic mass is 32.2. The molecule has 0 radical (unpaired) electrons. The molecular formula is C25H34N2O4S. The topological polar surface area (TPSA) is 75.7 Å². The van der Waals surface area contributed by atoms with E-state index >= 15 is 0 Å². The minimum Gasteiger partial charge on any atom is -0.487 e. The van der Waals surface area contributed by atoms with E-state index in [2.05, 4.69) is 19.2 Å². The third kappa shape index (κ3) is 4.93. The molecule has 1 heterocycles. The number of hydrogen-bond acceptors (Lipinski definition) is 4. The van der Waals surface area contributed by atoms with Gasteiger partial charge in [0.1, 0.15) is 17.4 Å². The Morgan fingerprint density at radius 3 is 2.31 bits per heavy atom. The molecule has 1 aliphatic rings. The minimum atomic E-state index is -3.68. The van der Waals surface area contributed by atoms with Crippen LogP contribution in [0.5, 0.6) is 5.75 Å². The first kappa shape index (κ1) is 24.1. The first-order valence-electron chi connectivity index (χ1n) is 11.2. The van der Waals surface area contributed by atoms with Crippen molar-refractivity contribution in [3.63, 3.8) is 0 Å². The second kappa shape index (κ2) is 9.14. The van der Waals surface area contributed by atoms with Crippen LogP contribution in [0.4, 0.5) is 5.69 Å². The lowest BCUT2D eigenvalue weighted by molar-refractivity contribution is -0.123. The number of hydrogen-bond donors (Lipinski definition) is 1. The quantitative estimate of drug-likeness (QED) is 0.655. The van der Waals surface area contributed by atoms with Crippen LogP contribution in [0.3, 0.4) is 0 Å². The van der Waals surface area contributed by atoms with Crippen molar-refractivity contribution in [2.45, 2.75) is 71.6 Å². The zero-order chi connectivity index (χ0) is 23.7. The normalized spacial score (nSPS) is 18.2. The fourth-order valence-corrected chi connectivity index (χ4v) is 5.77. The number of carbonyl (C=O) groups excluding carboxylic acids is 1. The van der Waals surface area contributed by atoms with Crippen molar-refractivity contribution in [2.75, 3.05) is 10.6 Å². The van der Waals surface area contributed by atoms with Crippen LogP contribution < -0.4 is 14.4 Å². The molecule has 2 atom stereocenters. The number of anilines is 1. The first-order valence-corrected chi connectivity index (χ1v) is 13.0. The molecule has 0 fully saturated rings. The Morgan fingerprint density at radius 2 is 1.75 bits per heavy atom. The summed E-state index contributed by atoms with van der Waals surface area (Å²) >= 11 is 0. The maximum absolute atomic E-state index is 13.4. The zero-order valence-corrected chi connectivity index (χ0v) is 20.6. The monoisotopic (exact) mass is 458 g/mol. The van der Waals surface area contributed by atoms with E-state index in [9.17, 15) is 13.2 Å². The number of rotatable bonds is 7. The average Bonchev–Trinajstić information content (AvgIpc) is 2.71. The molecule has 0 aliphatic carbocycles. The van der Waals surface area contributed by atoms with Crippen molar-refractivity contribution in [1.82, 2.24) is 5.32 Å². The predicted molar refractivity (Wildman–Crippen MR) is 129 cm³/mol. The van der Waals surface area contributed by atoms with Crippen LogP contribution in [0.15, 0.2) is 42.5 Å². The van der Waals surface area contributed by atoms with Crippen molar-refractivity contribution in [3.05, 3.63) is 59.2 Å². The van der Waals surface area contributed by atoms with Gasteiger partial charge in [-0.1, -0.05) is 38.1 Å². The largest absolute Gasteiger partial charge is 0.487 e. The Kier molecular flexibility index (Phi) is 6.89. The van der Waals surface area contributed by atoms with E-state index in [1.807, 2.05) is 44.2 Å². The summed E-state index contributed by atoms with van der Waals surface area (Å²) in [5.74, 6) is 0.437. The van der Waals surface area contributed by atoms with Gasteiger partial charge in [-0.25, -0.2) is 8.42 Å². The molecule has 0 saturated carbocycles. The number of aryl methyl sites for hydroxylation is 2. The van der Waals surface area contributed by atoms with Crippen LogP contribution >= 0.6 is 0 Å². The zero-order valence-electron chi connectivity index (χ0n) is 19.8. The molecule has 0 unspecified atom stereocenters. The standard InChI is InChI=1S/C25H34N2O4S/c1-7-25(8-2)16-22(21-11-9-10-12-23(21)31-25)26-24(28)19(5)27(32(6,29)30)20-14-17(3)13-18(4)15-20/h9-15,19,22H,7-8,16H2,1-6H3,(H,26,28)/t19-,22+/m1/s1. The molecule has 0 spiro atoms. The summed E-state index contributed by atoms with van der Waals surface area (Å²) in [7, 11) is -3.68. The molecule has 2 aromatic carbocycles. The molecule has 6 nitrogen and oxygen atoms in total. The third-order valence-electron chi connectivity index (χ3n) is 6.35. The summed E-state index contributed by atoms with van der Waals surface area (Å²) in [6.07, 6.45) is 3.41. The Hall–Kier alpha value is -2.54. The number of carbonyl (C=O) groups is 1. The summed E-state index contributed by atoms with van der Waals surface area (Å²) in [5.41, 5.74) is 2.93. The smallest absolute Gasteiger partial charge is 0.244 e. The molecule has 3 rings (SSSR count). The fraction of sp³-hybridized carbons (Fsp3) is 0.480. The van der Waals surface area contributed by atoms with Gasteiger partial charge in [-0.05, 0) is 62.9 Å². The average molecular weight is 459 g/mol. The number of amides is 1. The van der Waals surface area contributed by atoms with Gasteiger partial charge in [-0.2, -0.15) is 0 Å². The van der Waals surface area contributed by atoms with Crippen LogP contribution in [-0.4, -0.2) is 32.2 Å². The van der Waals surface area contributed by atoms with E-state index < -0.39 is 16.1 Å². The third-order valence-corrected chi connectivity index (χ3v) is 7.59. The highest BCUT2D eigenvalue weighted by molar-refractivity contribution is 7.92. The summed E-state index contributed by atoms with van der Waals surface area (Å²) in [6.45, 7) is 9.63. The maximum atomic E-state index is 13.4. The summed E-state index contributed by atoms with van der Waals surface area (Å²) in [6, 6.07) is 12.1. The summed E-state index contributed by atoms with van der Waals surface area (Å²) in [5, 5.41) is 3.12. The van der Waals surface area contributed by atoms with Crippen molar-refractivity contribution in [1.29, 1.82) is 0 Å². The van der Waals surface area contributed by atoms with E-state index in [1.54, 1.807) is 19.1 Å². The van der Waals surface area contributed by atoms with E-state index in [0.717, 1.165) is 41.5 Å². The lowest BCUT2D eigenvalue weighted by Crippen LogP contribution is -2.51. The molecule has 1 aliphatic heterocycles. The van der Waals surface area contributed by atoms with Gasteiger partial charge in [0, 0.05) is 12.0 Å². The second-order valence-corrected chi connectivity index (χ2v) is 10.7. The molecule has 1 amide bonds. The molecule has 2 aromatic rings. The number of fused-ring (bicyclic) bond motifs is 1. The van der Waals surface area contributed by atoms with E-state index in [-0.39, 0.29) is 17.6 Å². The number of nitrogens with one attached hydrogen (secondary N) is 1. The predicted octanol–water partition coefficient (Wildman–Crippen LogP) is 4.66. The van der Waals surface area contributed by atoms with Crippen LogP contribution in [0.2, 0.25) is 0 Å². The van der Waals surface area contributed by atoms with E-state index in [1.165, 1.54) is 4.31 Å². The summed E-state index contributed by atoms with van der Waals surface area (Å²) < 4.78 is 33.0. The lowest BCUT2D eigenvalue weighted by Gasteiger charge is -2.42. The Balaban J connectivity index is 1.93. The SMILES string of the molecule is CCC1(CC)C[C@H](NC(=O)[C@@H](C)N(c2cc(C)cc(C)c2)S(C)(=O)=O)c2ccccc2O1. The van der Waals surface area contributed by atoms with Crippen molar-refractivity contribution in [2.24, 2.45) is 0 Å². The van der Waals surface area contributed by atoms with Crippen LogP contribution in [0, 0.1) is 13.8 Å². The minimum absolute atomic E-state index is 0.254. The van der Waals surface area contributed by atoms with Crippen molar-refractivity contribution < 1.29 is 17.9 Å². The van der Waals surface area contributed by atoms with Crippen molar-refractivity contribution >= 4 is 21.6 Å². The molecule has 7 heteroatoms. The van der Waals surface area contributed by atoms with Gasteiger partial charge in [0.25, 0.3) is 0 Å². The molecule has 32 heavy (non-hydrogen) atoms. The first-order chi connectivity index (χ1) is 15.0. The van der Waals surface area contributed by atoms with Crippen LogP contribution in [0.25, 0.3) is 0 Å². The van der Waals surface area contributed by atoms with Gasteiger partial charge >= 0.3 is 0 Å². The van der Waals surface area contributed by atoms with Crippen LogP contribution in [0.1, 0.15) is 62.8 Å². The van der Waals surface area contributed by atoms with Crippen LogP contribution in [-0.2, 0) is 14.8 Å². The molecular weight excluding hydrogens is 424 g/mol. The fourth-order valence-electron chi connectivity index (χ4n) is 4.61. The lowest BCUT2D eigenvalue weighted by atomic mass is 9.83. The van der Waals surface area contributed by atoms with Gasteiger partial charge in [0.2, 0.25) is 15.9 Å². The second-order valence-electron chi connectivity index (χ2n) is 8.88. The maximum Gasteiger partial charge on any atom is 0.244 e. The number of ether oxygens (including phenoxy) is 1. The number of benzene rings is 2. The summed E-state index contributed by atoms with van der Waals surface area (Å²) in [4.78, 5) is 13.4.